The summed E-state index contributed by atoms with van der Waals surface area (Å²) < 4.78 is 0. The van der Waals surface area contributed by atoms with Crippen molar-refractivity contribution in [3.05, 3.63) is 34.9 Å². The molecule has 0 nitrogen and oxygen atoms in total. The van der Waals surface area contributed by atoms with Crippen LogP contribution in [-0.2, 0) is 0 Å². The lowest BCUT2D eigenvalue weighted by molar-refractivity contribution is 0.133. The van der Waals surface area contributed by atoms with E-state index in [1.807, 2.05) is 12.1 Å². The fourth-order valence-electron chi connectivity index (χ4n) is 2.94. The van der Waals surface area contributed by atoms with Gasteiger partial charge in [-0.25, -0.2) is 0 Å². The number of benzene rings is 1. The van der Waals surface area contributed by atoms with Crippen LogP contribution in [0.3, 0.4) is 0 Å². The van der Waals surface area contributed by atoms with Gasteiger partial charge in [0.05, 0.1) is 5.38 Å². The van der Waals surface area contributed by atoms with Gasteiger partial charge in [0, 0.05) is 5.02 Å². The summed E-state index contributed by atoms with van der Waals surface area (Å²) in [6.07, 6.45) is 5.18. The zero-order chi connectivity index (χ0) is 12.5. The Morgan fingerprint density at radius 3 is 2.41 bits per heavy atom. The molecule has 0 spiro atoms. The van der Waals surface area contributed by atoms with Crippen molar-refractivity contribution in [1.29, 1.82) is 0 Å². The van der Waals surface area contributed by atoms with E-state index in [1.165, 1.54) is 31.2 Å². The van der Waals surface area contributed by atoms with Crippen LogP contribution in [0, 0.1) is 11.3 Å². The Morgan fingerprint density at radius 2 is 1.82 bits per heavy atom. The van der Waals surface area contributed by atoms with Crippen LogP contribution in [0.1, 0.15) is 50.5 Å². The summed E-state index contributed by atoms with van der Waals surface area (Å²) >= 11 is 12.6. The number of alkyl halides is 1. The summed E-state index contributed by atoms with van der Waals surface area (Å²) in [6.45, 7) is 4.70. The second-order valence-electron chi connectivity index (χ2n) is 5.79. The van der Waals surface area contributed by atoms with Crippen LogP contribution >= 0.6 is 23.2 Å². The van der Waals surface area contributed by atoms with Crippen LogP contribution in [-0.4, -0.2) is 0 Å². The summed E-state index contributed by atoms with van der Waals surface area (Å²) in [5.74, 6) is 0.569. The number of hydrogen-bond donors (Lipinski definition) is 0. The summed E-state index contributed by atoms with van der Waals surface area (Å²) in [5.41, 5.74) is 1.56. The highest BCUT2D eigenvalue weighted by atomic mass is 35.5. The van der Waals surface area contributed by atoms with Crippen LogP contribution in [0.25, 0.3) is 0 Å². The highest BCUT2D eigenvalue weighted by Crippen LogP contribution is 2.49. The van der Waals surface area contributed by atoms with Gasteiger partial charge in [-0.3, -0.25) is 0 Å². The average Bonchev–Trinajstić information content (AvgIpc) is 2.28. The van der Waals surface area contributed by atoms with E-state index >= 15 is 0 Å². The van der Waals surface area contributed by atoms with Gasteiger partial charge in [-0.15, -0.1) is 11.6 Å². The summed E-state index contributed by atoms with van der Waals surface area (Å²) in [6, 6.07) is 7.99. The molecule has 0 amide bonds. The predicted molar refractivity (Wildman–Crippen MR) is 75.8 cm³/mol. The molecule has 0 aliphatic heterocycles. The van der Waals surface area contributed by atoms with Gasteiger partial charge in [0.1, 0.15) is 0 Å². The molecule has 2 rings (SSSR count). The maximum Gasteiger partial charge on any atom is 0.0618 e. The third-order valence-electron chi connectivity index (χ3n) is 4.13. The van der Waals surface area contributed by atoms with Gasteiger partial charge in [0.25, 0.3) is 0 Å². The minimum absolute atomic E-state index is 0.113. The molecule has 0 heterocycles. The lowest BCUT2D eigenvalue weighted by atomic mass is 9.66. The first-order valence-corrected chi connectivity index (χ1v) is 7.22. The van der Waals surface area contributed by atoms with E-state index in [9.17, 15) is 0 Å². The summed E-state index contributed by atoms with van der Waals surface area (Å²) in [7, 11) is 0. The minimum Gasteiger partial charge on any atom is -0.118 e. The Hall–Kier alpha value is -0.200. The fraction of sp³-hybridized carbons (Fsp3) is 0.600. The molecule has 2 atom stereocenters. The number of halogens is 2. The first kappa shape index (κ1) is 13.2. The predicted octanol–water partition coefficient (Wildman–Crippen LogP) is 5.84. The van der Waals surface area contributed by atoms with Crippen LogP contribution in [0.2, 0.25) is 5.02 Å². The summed E-state index contributed by atoms with van der Waals surface area (Å²) in [4.78, 5) is 0. The van der Waals surface area contributed by atoms with E-state index in [4.69, 9.17) is 23.2 Å². The maximum absolute atomic E-state index is 6.68. The van der Waals surface area contributed by atoms with Crippen LogP contribution in [0.4, 0.5) is 0 Å². The molecule has 0 saturated heterocycles. The Morgan fingerprint density at radius 1 is 1.18 bits per heavy atom. The molecule has 1 aliphatic carbocycles. The standard InChI is InChI=1S/C15H20Cl2/c1-15(2)10-4-3-5-13(15)14(17)11-6-8-12(16)9-7-11/h6-9,13-14H,3-5,10H2,1-2H3. The molecule has 0 bridgehead atoms. The highest BCUT2D eigenvalue weighted by Gasteiger charge is 2.37. The summed E-state index contributed by atoms with van der Waals surface area (Å²) in [5, 5.41) is 0.892. The van der Waals surface area contributed by atoms with Crippen molar-refractivity contribution >= 4 is 23.2 Å². The molecule has 2 heteroatoms. The van der Waals surface area contributed by atoms with Crippen molar-refractivity contribution in [3.8, 4) is 0 Å². The van der Waals surface area contributed by atoms with Crippen LogP contribution in [0.5, 0.6) is 0 Å². The molecule has 1 saturated carbocycles. The van der Waals surface area contributed by atoms with Crippen molar-refractivity contribution in [3.63, 3.8) is 0 Å². The van der Waals surface area contributed by atoms with E-state index in [0.29, 0.717) is 11.3 Å². The van der Waals surface area contributed by atoms with Gasteiger partial charge in [-0.2, -0.15) is 0 Å². The number of rotatable bonds is 2. The quantitative estimate of drug-likeness (QED) is 0.593. The molecule has 0 N–H and O–H groups in total. The average molecular weight is 271 g/mol. The van der Waals surface area contributed by atoms with E-state index in [-0.39, 0.29) is 5.38 Å². The van der Waals surface area contributed by atoms with Crippen molar-refractivity contribution in [2.24, 2.45) is 11.3 Å². The zero-order valence-electron chi connectivity index (χ0n) is 10.5. The van der Waals surface area contributed by atoms with Gasteiger partial charge < -0.3 is 0 Å². The molecule has 1 aromatic rings. The molecule has 94 valence electrons. The molecule has 1 aromatic carbocycles. The van der Waals surface area contributed by atoms with Gasteiger partial charge in [-0.05, 0) is 41.9 Å². The smallest absolute Gasteiger partial charge is 0.0618 e. The normalized spacial score (nSPS) is 25.5. The zero-order valence-corrected chi connectivity index (χ0v) is 12.1. The van der Waals surface area contributed by atoms with Crippen LogP contribution in [0.15, 0.2) is 24.3 Å². The second-order valence-corrected chi connectivity index (χ2v) is 6.70. The molecule has 17 heavy (non-hydrogen) atoms. The minimum atomic E-state index is 0.113. The number of hydrogen-bond acceptors (Lipinski definition) is 0. The third-order valence-corrected chi connectivity index (χ3v) is 4.94. The van der Waals surface area contributed by atoms with Crippen molar-refractivity contribution in [2.45, 2.75) is 44.9 Å². The second kappa shape index (κ2) is 5.20. The topological polar surface area (TPSA) is 0 Å². The molecule has 2 unspecified atom stereocenters. The Labute approximate surface area is 114 Å². The maximum atomic E-state index is 6.68. The Balaban J connectivity index is 2.18. The largest absolute Gasteiger partial charge is 0.118 e. The third kappa shape index (κ3) is 2.98. The first-order chi connectivity index (χ1) is 8.00. The Kier molecular flexibility index (Phi) is 4.05. The van der Waals surface area contributed by atoms with Crippen molar-refractivity contribution in [1.82, 2.24) is 0 Å². The van der Waals surface area contributed by atoms with Gasteiger partial charge in [0.15, 0.2) is 0 Å². The first-order valence-electron chi connectivity index (χ1n) is 6.40. The molecular formula is C15H20Cl2. The van der Waals surface area contributed by atoms with Gasteiger partial charge in [0.2, 0.25) is 0 Å². The lowest BCUT2D eigenvalue weighted by Crippen LogP contribution is -2.30. The highest BCUT2D eigenvalue weighted by molar-refractivity contribution is 6.30. The van der Waals surface area contributed by atoms with Gasteiger partial charge >= 0.3 is 0 Å². The molecule has 1 aliphatic rings. The van der Waals surface area contributed by atoms with Crippen LogP contribution < -0.4 is 0 Å². The molecular weight excluding hydrogens is 251 g/mol. The van der Waals surface area contributed by atoms with E-state index < -0.39 is 0 Å². The molecule has 1 fully saturated rings. The van der Waals surface area contributed by atoms with E-state index in [0.717, 1.165) is 5.02 Å². The van der Waals surface area contributed by atoms with Crippen molar-refractivity contribution < 1.29 is 0 Å². The van der Waals surface area contributed by atoms with E-state index in [2.05, 4.69) is 26.0 Å². The molecule has 0 aromatic heterocycles. The fourth-order valence-corrected chi connectivity index (χ4v) is 3.68. The molecule has 0 radical (unpaired) electrons. The van der Waals surface area contributed by atoms with Crippen molar-refractivity contribution in [2.75, 3.05) is 0 Å². The SMILES string of the molecule is CC1(C)CCCCC1C(Cl)c1ccc(Cl)cc1. The lowest BCUT2D eigenvalue weighted by Gasteiger charge is -2.41. The van der Waals surface area contributed by atoms with Gasteiger partial charge in [-0.1, -0.05) is 50.4 Å². The monoisotopic (exact) mass is 270 g/mol. The van der Waals surface area contributed by atoms with E-state index in [1.54, 1.807) is 0 Å². The Bertz CT molecular complexity index is 367.